The molecule has 1 aromatic heterocycles. The second-order valence-electron chi connectivity index (χ2n) is 8.09. The van der Waals surface area contributed by atoms with Crippen molar-refractivity contribution < 1.29 is 24.1 Å². The minimum atomic E-state index is -0.938. The van der Waals surface area contributed by atoms with Crippen LogP contribution in [-0.4, -0.2) is 29.0 Å². The second kappa shape index (κ2) is 9.29. The van der Waals surface area contributed by atoms with Crippen LogP contribution in [0.4, 0.5) is 0 Å². The van der Waals surface area contributed by atoms with E-state index >= 15 is 0 Å². The van der Waals surface area contributed by atoms with Gasteiger partial charge in [-0.1, -0.05) is 23.7 Å². The Bertz CT molecular complexity index is 1380. The number of halogens is 1. The van der Waals surface area contributed by atoms with Gasteiger partial charge in [-0.2, -0.15) is 0 Å². The predicted octanol–water partition coefficient (Wildman–Crippen LogP) is 4.85. The standard InChI is InChI=1S/C26H23ClN2O5/c27-22-11-25-24(33-15-34-25)9-19(22)14-32-20-4-5-23-21(10-20)18(6-7-28)13-29(23)12-16-2-1-3-17(8-16)26(30)31/h1-5,8-11,13H,6-7,12,14-15,28H2,(H,30,31). The van der Waals surface area contributed by atoms with Crippen LogP contribution >= 0.6 is 11.6 Å². The van der Waals surface area contributed by atoms with Gasteiger partial charge in [0.25, 0.3) is 0 Å². The summed E-state index contributed by atoms with van der Waals surface area (Å²) in [5, 5.41) is 10.9. The fraction of sp³-hybridized carbons (Fsp3) is 0.192. The van der Waals surface area contributed by atoms with Gasteiger partial charge in [-0.25, -0.2) is 4.79 Å². The van der Waals surface area contributed by atoms with E-state index in [4.69, 9.17) is 31.5 Å². The molecule has 4 aromatic rings. The number of carboxylic acid groups (broad SMARTS) is 1. The van der Waals surface area contributed by atoms with Crippen LogP contribution in [0.3, 0.4) is 0 Å². The number of hydrogen-bond acceptors (Lipinski definition) is 5. The molecule has 0 bridgehead atoms. The lowest BCUT2D eigenvalue weighted by Gasteiger charge is -2.10. The van der Waals surface area contributed by atoms with Crippen LogP contribution in [-0.2, 0) is 19.6 Å². The third kappa shape index (κ3) is 4.40. The lowest BCUT2D eigenvalue weighted by Crippen LogP contribution is -2.03. The number of fused-ring (bicyclic) bond motifs is 2. The average Bonchev–Trinajstić information content (AvgIpc) is 3.42. The Morgan fingerprint density at radius 3 is 2.71 bits per heavy atom. The molecule has 0 unspecified atom stereocenters. The molecule has 2 heterocycles. The highest BCUT2D eigenvalue weighted by Crippen LogP contribution is 2.37. The first-order valence-electron chi connectivity index (χ1n) is 10.9. The number of carbonyl (C=O) groups is 1. The molecule has 1 aliphatic heterocycles. The van der Waals surface area contributed by atoms with E-state index < -0.39 is 5.97 Å². The van der Waals surface area contributed by atoms with E-state index in [1.54, 1.807) is 24.3 Å². The molecule has 0 spiro atoms. The Balaban J connectivity index is 1.41. The SMILES string of the molecule is NCCc1cn(Cc2cccc(C(=O)O)c2)c2ccc(OCc3cc4c(cc3Cl)OCO4)cc12. The number of nitrogens with two attached hydrogens (primary N) is 1. The topological polar surface area (TPSA) is 95.9 Å². The average molecular weight is 479 g/mol. The molecule has 3 N–H and O–H groups in total. The monoisotopic (exact) mass is 478 g/mol. The quantitative estimate of drug-likeness (QED) is 0.376. The number of carboxylic acids is 1. The van der Waals surface area contributed by atoms with Crippen LogP contribution in [0, 0.1) is 0 Å². The van der Waals surface area contributed by atoms with E-state index in [-0.39, 0.29) is 19.0 Å². The highest BCUT2D eigenvalue weighted by molar-refractivity contribution is 6.31. The maximum Gasteiger partial charge on any atom is 0.335 e. The number of benzene rings is 3. The number of rotatable bonds is 8. The molecule has 0 aliphatic carbocycles. The van der Waals surface area contributed by atoms with E-state index in [1.165, 1.54) is 0 Å². The second-order valence-corrected chi connectivity index (χ2v) is 8.50. The normalized spacial score (nSPS) is 12.3. The van der Waals surface area contributed by atoms with Gasteiger partial charge in [0.2, 0.25) is 6.79 Å². The molecule has 0 saturated heterocycles. The molecule has 0 saturated carbocycles. The molecule has 0 radical (unpaired) electrons. The number of aromatic carboxylic acids is 1. The van der Waals surface area contributed by atoms with Crippen LogP contribution in [0.15, 0.2) is 60.8 Å². The van der Waals surface area contributed by atoms with Crippen molar-refractivity contribution >= 4 is 28.5 Å². The van der Waals surface area contributed by atoms with Gasteiger partial charge in [0.1, 0.15) is 12.4 Å². The summed E-state index contributed by atoms with van der Waals surface area (Å²) >= 11 is 6.38. The fourth-order valence-corrected chi connectivity index (χ4v) is 4.36. The first kappa shape index (κ1) is 22.1. The predicted molar refractivity (Wildman–Crippen MR) is 129 cm³/mol. The Labute approximate surface area is 201 Å². The van der Waals surface area contributed by atoms with Crippen molar-refractivity contribution in [2.75, 3.05) is 13.3 Å². The lowest BCUT2D eigenvalue weighted by molar-refractivity contribution is 0.0696. The molecule has 0 atom stereocenters. The van der Waals surface area contributed by atoms with E-state index in [2.05, 4.69) is 10.8 Å². The van der Waals surface area contributed by atoms with Gasteiger partial charge < -0.3 is 29.6 Å². The third-order valence-corrected chi connectivity index (χ3v) is 6.16. The third-order valence-electron chi connectivity index (χ3n) is 5.81. The summed E-state index contributed by atoms with van der Waals surface area (Å²) in [6.07, 6.45) is 2.79. The van der Waals surface area contributed by atoms with Crippen molar-refractivity contribution in [1.29, 1.82) is 0 Å². The van der Waals surface area contributed by atoms with Crippen molar-refractivity contribution in [2.24, 2.45) is 5.73 Å². The molecule has 7 nitrogen and oxygen atoms in total. The van der Waals surface area contributed by atoms with Crippen LogP contribution in [0.1, 0.15) is 27.0 Å². The van der Waals surface area contributed by atoms with Gasteiger partial charge in [-0.05, 0) is 60.5 Å². The highest BCUT2D eigenvalue weighted by Gasteiger charge is 2.17. The Morgan fingerprint density at radius 2 is 1.91 bits per heavy atom. The number of hydrogen-bond donors (Lipinski definition) is 2. The van der Waals surface area contributed by atoms with Crippen LogP contribution in [0.5, 0.6) is 17.2 Å². The van der Waals surface area contributed by atoms with Crippen molar-refractivity contribution in [3.8, 4) is 17.2 Å². The van der Waals surface area contributed by atoms with Gasteiger partial charge in [-0.3, -0.25) is 0 Å². The van der Waals surface area contributed by atoms with E-state index in [9.17, 15) is 9.90 Å². The molecule has 1 aliphatic rings. The van der Waals surface area contributed by atoms with Gasteiger partial charge in [-0.15, -0.1) is 0 Å². The minimum absolute atomic E-state index is 0.189. The summed E-state index contributed by atoms with van der Waals surface area (Å²) in [5.74, 6) is 1.07. The summed E-state index contributed by atoms with van der Waals surface area (Å²) in [7, 11) is 0. The Hall–Kier alpha value is -3.68. The molecule has 0 fully saturated rings. The summed E-state index contributed by atoms with van der Waals surface area (Å²) in [6, 6.07) is 16.5. The fourth-order valence-electron chi connectivity index (χ4n) is 4.16. The smallest absolute Gasteiger partial charge is 0.335 e. The summed E-state index contributed by atoms with van der Waals surface area (Å²) in [5.41, 5.74) is 9.99. The van der Waals surface area contributed by atoms with Crippen molar-refractivity contribution in [2.45, 2.75) is 19.6 Å². The molecule has 34 heavy (non-hydrogen) atoms. The number of ether oxygens (including phenoxy) is 3. The van der Waals surface area contributed by atoms with Crippen molar-refractivity contribution in [3.63, 3.8) is 0 Å². The lowest BCUT2D eigenvalue weighted by atomic mass is 10.1. The van der Waals surface area contributed by atoms with E-state index in [0.29, 0.717) is 35.4 Å². The molecule has 0 amide bonds. The zero-order valence-corrected chi connectivity index (χ0v) is 19.0. The number of nitrogens with zero attached hydrogens (tertiary/aromatic N) is 1. The summed E-state index contributed by atoms with van der Waals surface area (Å²) in [6.45, 7) is 1.55. The van der Waals surface area contributed by atoms with Crippen molar-refractivity contribution in [3.05, 3.63) is 88.1 Å². The summed E-state index contributed by atoms with van der Waals surface area (Å²) in [4.78, 5) is 11.3. The van der Waals surface area contributed by atoms with E-state index in [1.807, 2.05) is 30.3 Å². The van der Waals surface area contributed by atoms with Gasteiger partial charge in [0, 0.05) is 35.3 Å². The first-order chi connectivity index (χ1) is 16.5. The minimum Gasteiger partial charge on any atom is -0.489 e. The Morgan fingerprint density at radius 1 is 1.09 bits per heavy atom. The summed E-state index contributed by atoms with van der Waals surface area (Å²) < 4.78 is 19.0. The maximum absolute atomic E-state index is 11.3. The first-order valence-corrected chi connectivity index (χ1v) is 11.2. The molecular formula is C26H23ClN2O5. The van der Waals surface area contributed by atoms with E-state index in [0.717, 1.165) is 34.0 Å². The highest BCUT2D eigenvalue weighted by atomic mass is 35.5. The largest absolute Gasteiger partial charge is 0.489 e. The van der Waals surface area contributed by atoms with Gasteiger partial charge in [0.05, 0.1) is 10.6 Å². The Kier molecular flexibility index (Phi) is 6.04. The van der Waals surface area contributed by atoms with Crippen molar-refractivity contribution in [1.82, 2.24) is 4.57 Å². The van der Waals surface area contributed by atoms with Gasteiger partial charge in [0.15, 0.2) is 11.5 Å². The molecule has 3 aromatic carbocycles. The van der Waals surface area contributed by atoms with Crippen LogP contribution < -0.4 is 19.9 Å². The molecule has 8 heteroatoms. The van der Waals surface area contributed by atoms with Gasteiger partial charge >= 0.3 is 5.97 Å². The zero-order valence-electron chi connectivity index (χ0n) is 18.3. The maximum atomic E-state index is 11.3. The molecular weight excluding hydrogens is 456 g/mol. The molecule has 5 rings (SSSR count). The van der Waals surface area contributed by atoms with Crippen LogP contribution in [0.25, 0.3) is 10.9 Å². The zero-order chi connectivity index (χ0) is 23.7. The van der Waals surface area contributed by atoms with Crippen LogP contribution in [0.2, 0.25) is 5.02 Å². The number of aromatic nitrogens is 1. The molecule has 174 valence electrons.